The lowest BCUT2D eigenvalue weighted by molar-refractivity contribution is 0.0596. The van der Waals surface area contributed by atoms with Crippen molar-refractivity contribution >= 4 is 38.4 Å². The summed E-state index contributed by atoms with van der Waals surface area (Å²) in [6, 6.07) is 8.08. The SMILES string of the molecule is CC.CC.COC(=O)c1nc(-c2cccc(S(C)(C)C)c2)sc1NC(=O)OC(C)(C)C. The Hall–Kier alpha value is -2.06. The number of amides is 1. The van der Waals surface area contributed by atoms with Crippen LogP contribution in [0.15, 0.2) is 29.2 Å². The summed E-state index contributed by atoms with van der Waals surface area (Å²) in [5.41, 5.74) is 0.312. The number of thiazole rings is 1. The molecule has 0 fully saturated rings. The second-order valence-corrected chi connectivity index (χ2v) is 12.8. The van der Waals surface area contributed by atoms with Gasteiger partial charge < -0.3 is 9.47 Å². The van der Waals surface area contributed by atoms with Gasteiger partial charge in [-0.3, -0.25) is 5.32 Å². The van der Waals surface area contributed by atoms with Crippen LogP contribution in [0.25, 0.3) is 10.6 Å². The van der Waals surface area contributed by atoms with Crippen molar-refractivity contribution in [3.8, 4) is 10.6 Å². The Balaban J connectivity index is 0.00000212. The molecule has 1 heterocycles. The maximum Gasteiger partial charge on any atom is 0.412 e. The highest BCUT2D eigenvalue weighted by atomic mass is 32.3. The van der Waals surface area contributed by atoms with Crippen molar-refractivity contribution in [2.24, 2.45) is 0 Å². The summed E-state index contributed by atoms with van der Waals surface area (Å²) < 4.78 is 10.1. The number of methoxy groups -OCH3 is 1. The highest BCUT2D eigenvalue weighted by Gasteiger charge is 2.24. The molecule has 0 aliphatic rings. The Morgan fingerprint density at radius 2 is 1.65 bits per heavy atom. The Bertz CT molecular complexity index is 850. The molecule has 0 aliphatic heterocycles. The Labute approximate surface area is 193 Å². The largest absolute Gasteiger partial charge is 0.464 e. The zero-order valence-electron chi connectivity index (χ0n) is 20.7. The van der Waals surface area contributed by atoms with Crippen LogP contribution in [-0.4, -0.2) is 48.5 Å². The minimum absolute atomic E-state index is 0.0665. The molecule has 0 spiro atoms. The van der Waals surface area contributed by atoms with Gasteiger partial charge in [-0.25, -0.2) is 24.6 Å². The molecule has 176 valence electrons. The van der Waals surface area contributed by atoms with E-state index >= 15 is 0 Å². The molecule has 31 heavy (non-hydrogen) atoms. The number of hydrogen-bond donors (Lipinski definition) is 1. The highest BCUT2D eigenvalue weighted by molar-refractivity contribution is 8.32. The van der Waals surface area contributed by atoms with Gasteiger partial charge in [0.05, 0.1) is 7.11 Å². The zero-order chi connectivity index (χ0) is 24.4. The van der Waals surface area contributed by atoms with E-state index in [9.17, 15) is 9.59 Å². The average Bonchev–Trinajstić information content (AvgIpc) is 3.12. The number of hydrogen-bond acceptors (Lipinski definition) is 6. The lowest BCUT2D eigenvalue weighted by atomic mass is 10.2. The quantitative estimate of drug-likeness (QED) is 0.484. The van der Waals surface area contributed by atoms with E-state index in [-0.39, 0.29) is 5.69 Å². The minimum atomic E-state index is -0.901. The second kappa shape index (κ2) is 12.7. The van der Waals surface area contributed by atoms with Crippen molar-refractivity contribution in [2.45, 2.75) is 59.0 Å². The van der Waals surface area contributed by atoms with Crippen LogP contribution in [0.1, 0.15) is 59.0 Å². The van der Waals surface area contributed by atoms with Crippen molar-refractivity contribution in [1.29, 1.82) is 0 Å². The number of aromatic nitrogens is 1. The molecule has 0 radical (unpaired) electrons. The predicted octanol–water partition coefficient (Wildman–Crippen LogP) is 7.05. The molecule has 0 bridgehead atoms. The molecule has 0 unspecified atom stereocenters. The van der Waals surface area contributed by atoms with Crippen LogP contribution >= 0.6 is 21.4 Å². The van der Waals surface area contributed by atoms with Crippen molar-refractivity contribution < 1.29 is 19.1 Å². The first kappa shape index (κ1) is 28.9. The summed E-state index contributed by atoms with van der Waals surface area (Å²) in [5.74, 6) is -0.610. The first-order valence-corrected chi connectivity index (χ1v) is 14.0. The third-order valence-corrected chi connectivity index (χ3v) is 6.10. The van der Waals surface area contributed by atoms with Crippen molar-refractivity contribution in [2.75, 3.05) is 31.2 Å². The van der Waals surface area contributed by atoms with Crippen LogP contribution in [0.3, 0.4) is 0 Å². The summed E-state index contributed by atoms with van der Waals surface area (Å²) in [4.78, 5) is 29.9. The summed E-state index contributed by atoms with van der Waals surface area (Å²) in [7, 11) is 0.378. The number of rotatable bonds is 4. The number of carbonyl (C=O) groups excluding carboxylic acids is 2. The van der Waals surface area contributed by atoms with Gasteiger partial charge in [0.15, 0.2) is 5.69 Å². The summed E-state index contributed by atoms with van der Waals surface area (Å²) >= 11 is 1.22. The topological polar surface area (TPSA) is 77.5 Å². The molecule has 2 rings (SSSR count). The van der Waals surface area contributed by atoms with Gasteiger partial charge in [0.2, 0.25) is 0 Å². The van der Waals surface area contributed by atoms with Crippen LogP contribution in [0.2, 0.25) is 0 Å². The number of nitrogens with one attached hydrogen (secondary N) is 1. The molecule has 8 heteroatoms. The summed E-state index contributed by atoms with van der Waals surface area (Å²) in [6.07, 6.45) is 5.99. The van der Waals surface area contributed by atoms with Crippen LogP contribution in [-0.2, 0) is 9.47 Å². The lowest BCUT2D eigenvalue weighted by Crippen LogP contribution is -2.27. The lowest BCUT2D eigenvalue weighted by Gasteiger charge is -2.26. The number of ether oxygens (including phenoxy) is 2. The molecule has 0 atom stereocenters. The number of nitrogens with zero attached hydrogens (tertiary/aromatic N) is 1. The number of anilines is 1. The summed E-state index contributed by atoms with van der Waals surface area (Å²) in [6.45, 7) is 13.3. The fourth-order valence-electron chi connectivity index (χ4n) is 2.17. The van der Waals surface area contributed by atoms with Gasteiger partial charge >= 0.3 is 12.1 Å². The van der Waals surface area contributed by atoms with Crippen molar-refractivity contribution in [3.05, 3.63) is 30.0 Å². The predicted molar refractivity (Wildman–Crippen MR) is 135 cm³/mol. The smallest absolute Gasteiger partial charge is 0.412 e. The Morgan fingerprint density at radius 3 is 2.13 bits per heavy atom. The van der Waals surface area contributed by atoms with E-state index in [4.69, 9.17) is 9.47 Å². The van der Waals surface area contributed by atoms with Gasteiger partial charge in [-0.2, -0.15) is 0 Å². The van der Waals surface area contributed by atoms with Gasteiger partial charge in [0.1, 0.15) is 15.6 Å². The first-order valence-electron chi connectivity index (χ1n) is 10.3. The van der Waals surface area contributed by atoms with E-state index in [2.05, 4.69) is 41.2 Å². The molecule has 2 aromatic rings. The molecule has 1 amide bonds. The van der Waals surface area contributed by atoms with Gasteiger partial charge in [-0.05, 0) is 50.5 Å². The fraction of sp³-hybridized carbons (Fsp3) is 0.522. The van der Waals surface area contributed by atoms with E-state index in [1.807, 2.05) is 39.8 Å². The maximum absolute atomic E-state index is 12.1. The zero-order valence-corrected chi connectivity index (χ0v) is 22.3. The fourth-order valence-corrected chi connectivity index (χ4v) is 4.07. The van der Waals surface area contributed by atoms with Crippen LogP contribution in [0.5, 0.6) is 0 Å². The minimum Gasteiger partial charge on any atom is -0.464 e. The molecule has 1 aromatic heterocycles. The molecule has 6 nitrogen and oxygen atoms in total. The van der Waals surface area contributed by atoms with Gasteiger partial charge in [0, 0.05) is 5.56 Å². The normalized spacial score (nSPS) is 11.2. The third-order valence-electron chi connectivity index (χ3n) is 3.41. The first-order chi connectivity index (χ1) is 14.4. The van der Waals surface area contributed by atoms with Crippen LogP contribution in [0, 0.1) is 0 Å². The van der Waals surface area contributed by atoms with Gasteiger partial charge in [-0.15, -0.1) is 0 Å². The number of benzene rings is 1. The van der Waals surface area contributed by atoms with Crippen molar-refractivity contribution in [3.63, 3.8) is 0 Å². The van der Waals surface area contributed by atoms with E-state index in [0.29, 0.717) is 10.0 Å². The van der Waals surface area contributed by atoms with E-state index in [1.54, 1.807) is 20.8 Å². The Morgan fingerprint density at radius 1 is 1.06 bits per heavy atom. The molecule has 1 N–H and O–H groups in total. The average molecular weight is 471 g/mol. The highest BCUT2D eigenvalue weighted by Crippen LogP contribution is 2.46. The third kappa shape index (κ3) is 9.31. The van der Waals surface area contributed by atoms with Gasteiger partial charge in [0.25, 0.3) is 0 Å². The van der Waals surface area contributed by atoms with E-state index < -0.39 is 27.7 Å². The van der Waals surface area contributed by atoms with E-state index in [0.717, 1.165) is 5.56 Å². The summed E-state index contributed by atoms with van der Waals surface area (Å²) in [5, 5.41) is 3.55. The second-order valence-electron chi connectivity index (χ2n) is 7.68. The molecule has 0 saturated heterocycles. The number of esters is 1. The van der Waals surface area contributed by atoms with Gasteiger partial charge in [-0.1, -0.05) is 57.2 Å². The number of carbonyl (C=O) groups is 2. The molecule has 1 aromatic carbocycles. The molecule has 0 aliphatic carbocycles. The molecule has 0 saturated carbocycles. The van der Waals surface area contributed by atoms with Crippen LogP contribution in [0.4, 0.5) is 9.80 Å². The van der Waals surface area contributed by atoms with Crippen LogP contribution < -0.4 is 5.32 Å². The Kier molecular flexibility index (Phi) is 11.9. The molecular weight excluding hydrogens is 432 g/mol. The standard InChI is InChI=1S/C19H26N2O4S2.2C2H6/c1-19(2,3)25-18(23)21-16-14(17(22)24-4)20-15(26-16)12-9-8-10-13(11-12)27(5,6)7;2*1-2/h8-11H,1-7H3,(H,21,23);2*1-2H3. The van der Waals surface area contributed by atoms with E-state index in [1.165, 1.54) is 23.3 Å². The monoisotopic (exact) mass is 470 g/mol. The van der Waals surface area contributed by atoms with Crippen molar-refractivity contribution in [1.82, 2.24) is 4.98 Å². The maximum atomic E-state index is 12.1. The molecular formula is C23H38N2O4S2.